The van der Waals surface area contributed by atoms with Crippen LogP contribution in [0.3, 0.4) is 0 Å². The van der Waals surface area contributed by atoms with E-state index in [9.17, 15) is 4.79 Å². The molecule has 6 nitrogen and oxygen atoms in total. The van der Waals surface area contributed by atoms with Crippen LogP contribution in [-0.4, -0.2) is 44.4 Å². The Hall–Kier alpha value is -1.82. The third-order valence-electron chi connectivity index (χ3n) is 2.90. The maximum Gasteiger partial charge on any atom is 0.340 e. The van der Waals surface area contributed by atoms with E-state index in [2.05, 4.69) is 4.98 Å². The van der Waals surface area contributed by atoms with Crippen molar-refractivity contribution in [2.24, 2.45) is 0 Å². The van der Waals surface area contributed by atoms with Crippen molar-refractivity contribution in [3.05, 3.63) is 17.8 Å². The summed E-state index contributed by atoms with van der Waals surface area (Å²) in [5.74, 6) is 0.186. The first-order valence-electron chi connectivity index (χ1n) is 5.89. The van der Waals surface area contributed by atoms with Crippen molar-refractivity contribution in [3.63, 3.8) is 0 Å². The Morgan fingerprint density at radius 2 is 2.33 bits per heavy atom. The van der Waals surface area contributed by atoms with Gasteiger partial charge in [-0.15, -0.1) is 0 Å². The minimum Gasteiger partial charge on any atom is -0.465 e. The Morgan fingerprint density at radius 3 is 3.11 bits per heavy atom. The highest BCUT2D eigenvalue weighted by Crippen LogP contribution is 2.25. The Bertz CT molecular complexity index is 429. The summed E-state index contributed by atoms with van der Waals surface area (Å²) in [5, 5.41) is 0. The lowest BCUT2D eigenvalue weighted by Crippen LogP contribution is -2.28. The highest BCUT2D eigenvalue weighted by atomic mass is 16.5. The van der Waals surface area contributed by atoms with Gasteiger partial charge in [0.25, 0.3) is 0 Å². The summed E-state index contributed by atoms with van der Waals surface area (Å²) in [6.45, 7) is 2.93. The summed E-state index contributed by atoms with van der Waals surface area (Å²) < 4.78 is 10.1. The number of hydrogen-bond donors (Lipinski definition) is 1. The van der Waals surface area contributed by atoms with Crippen molar-refractivity contribution in [1.82, 2.24) is 4.98 Å². The minimum atomic E-state index is -0.442. The van der Waals surface area contributed by atoms with Gasteiger partial charge in [0.05, 0.1) is 25.0 Å². The summed E-state index contributed by atoms with van der Waals surface area (Å²) in [7, 11) is 1.33. The van der Waals surface area contributed by atoms with Gasteiger partial charge in [-0.1, -0.05) is 0 Å². The van der Waals surface area contributed by atoms with Crippen molar-refractivity contribution in [3.8, 4) is 0 Å². The van der Waals surface area contributed by atoms with Crippen LogP contribution in [0.25, 0.3) is 0 Å². The lowest BCUT2D eigenvalue weighted by Gasteiger charge is -2.22. The van der Waals surface area contributed by atoms with Crippen molar-refractivity contribution in [2.45, 2.75) is 6.42 Å². The molecule has 0 aliphatic carbocycles. The molecule has 0 saturated carbocycles. The van der Waals surface area contributed by atoms with E-state index in [0.29, 0.717) is 23.7 Å². The molecule has 0 spiro atoms. The Labute approximate surface area is 106 Å². The molecule has 0 amide bonds. The minimum absolute atomic E-state index is 0.354. The molecule has 0 radical (unpaired) electrons. The molecule has 2 rings (SSSR count). The SMILES string of the molecule is COC(=O)c1ccnc(N2CCCOCC2)c1N. The van der Waals surface area contributed by atoms with Gasteiger partial charge in [-0.3, -0.25) is 0 Å². The summed E-state index contributed by atoms with van der Waals surface area (Å²) >= 11 is 0. The number of nitrogen functional groups attached to an aromatic ring is 1. The maximum atomic E-state index is 11.6. The van der Waals surface area contributed by atoms with E-state index in [1.807, 2.05) is 4.90 Å². The molecule has 2 N–H and O–H groups in total. The molecule has 98 valence electrons. The molecule has 1 saturated heterocycles. The van der Waals surface area contributed by atoms with Gasteiger partial charge in [0, 0.05) is 25.9 Å². The zero-order valence-corrected chi connectivity index (χ0v) is 10.4. The fourth-order valence-corrected chi connectivity index (χ4v) is 1.96. The number of hydrogen-bond acceptors (Lipinski definition) is 6. The van der Waals surface area contributed by atoms with Crippen molar-refractivity contribution in [1.29, 1.82) is 0 Å². The Balaban J connectivity index is 2.29. The van der Waals surface area contributed by atoms with E-state index >= 15 is 0 Å². The van der Waals surface area contributed by atoms with E-state index in [-0.39, 0.29) is 0 Å². The molecule has 0 unspecified atom stereocenters. The molecule has 1 aliphatic heterocycles. The van der Waals surface area contributed by atoms with Gasteiger partial charge in [-0.2, -0.15) is 0 Å². The fourth-order valence-electron chi connectivity index (χ4n) is 1.96. The summed E-state index contributed by atoms with van der Waals surface area (Å²) in [6.07, 6.45) is 2.49. The van der Waals surface area contributed by atoms with Gasteiger partial charge in [-0.25, -0.2) is 9.78 Å². The van der Waals surface area contributed by atoms with Crippen molar-refractivity contribution in [2.75, 3.05) is 44.0 Å². The number of pyridine rings is 1. The van der Waals surface area contributed by atoms with Gasteiger partial charge in [-0.05, 0) is 12.5 Å². The van der Waals surface area contributed by atoms with Gasteiger partial charge >= 0.3 is 5.97 Å². The van der Waals surface area contributed by atoms with Crippen LogP contribution < -0.4 is 10.6 Å². The van der Waals surface area contributed by atoms with Gasteiger partial charge < -0.3 is 20.1 Å². The van der Waals surface area contributed by atoms with Crippen LogP contribution in [0.5, 0.6) is 0 Å². The lowest BCUT2D eigenvalue weighted by atomic mass is 10.2. The largest absolute Gasteiger partial charge is 0.465 e. The molecule has 18 heavy (non-hydrogen) atoms. The zero-order valence-electron chi connectivity index (χ0n) is 10.4. The van der Waals surface area contributed by atoms with Crippen LogP contribution in [0.2, 0.25) is 0 Å². The normalized spacial score (nSPS) is 16.2. The van der Waals surface area contributed by atoms with Crippen molar-refractivity contribution >= 4 is 17.5 Å². The van der Waals surface area contributed by atoms with E-state index in [1.54, 1.807) is 12.3 Å². The summed E-state index contributed by atoms with van der Waals surface area (Å²) in [6, 6.07) is 1.57. The molecule has 1 aliphatic rings. The number of nitrogens with zero attached hydrogens (tertiary/aromatic N) is 2. The van der Waals surface area contributed by atoms with E-state index < -0.39 is 5.97 Å². The van der Waals surface area contributed by atoms with Crippen LogP contribution in [-0.2, 0) is 9.47 Å². The third kappa shape index (κ3) is 2.53. The second-order valence-corrected chi connectivity index (χ2v) is 4.04. The molecule has 6 heteroatoms. The van der Waals surface area contributed by atoms with E-state index in [4.69, 9.17) is 15.2 Å². The number of methoxy groups -OCH3 is 1. The molecular weight excluding hydrogens is 234 g/mol. The number of carbonyl (C=O) groups excluding carboxylic acids is 1. The number of anilines is 2. The molecule has 1 fully saturated rings. The average molecular weight is 251 g/mol. The lowest BCUT2D eigenvalue weighted by molar-refractivity contribution is 0.0602. The smallest absolute Gasteiger partial charge is 0.340 e. The van der Waals surface area contributed by atoms with Crippen LogP contribution in [0.1, 0.15) is 16.8 Å². The Kier molecular flexibility index (Phi) is 3.99. The highest BCUT2D eigenvalue weighted by molar-refractivity contribution is 5.97. The first kappa shape index (κ1) is 12.6. The first-order valence-corrected chi connectivity index (χ1v) is 5.89. The predicted molar refractivity (Wildman–Crippen MR) is 67.6 cm³/mol. The second-order valence-electron chi connectivity index (χ2n) is 4.04. The molecule has 1 aromatic rings. The van der Waals surface area contributed by atoms with E-state index in [1.165, 1.54) is 7.11 Å². The quantitative estimate of drug-likeness (QED) is 0.779. The average Bonchev–Trinajstić information content (AvgIpc) is 2.67. The summed E-state index contributed by atoms with van der Waals surface area (Å²) in [5.41, 5.74) is 6.72. The van der Waals surface area contributed by atoms with Crippen LogP contribution in [0.15, 0.2) is 12.3 Å². The monoisotopic (exact) mass is 251 g/mol. The maximum absolute atomic E-state index is 11.6. The standard InChI is InChI=1S/C12H17N3O3/c1-17-12(16)9-3-4-14-11(10(9)13)15-5-2-7-18-8-6-15/h3-4H,2,5-8,13H2,1H3. The van der Waals surface area contributed by atoms with E-state index in [0.717, 1.165) is 26.1 Å². The van der Waals surface area contributed by atoms with Gasteiger partial charge in [0.15, 0.2) is 5.82 Å². The highest BCUT2D eigenvalue weighted by Gasteiger charge is 2.19. The number of nitrogens with two attached hydrogens (primary N) is 1. The van der Waals surface area contributed by atoms with Gasteiger partial charge in [0.1, 0.15) is 0 Å². The Morgan fingerprint density at radius 1 is 1.50 bits per heavy atom. The summed E-state index contributed by atoms with van der Waals surface area (Å²) in [4.78, 5) is 17.9. The fraction of sp³-hybridized carbons (Fsp3) is 0.500. The second kappa shape index (κ2) is 5.68. The number of esters is 1. The predicted octanol–water partition coefficient (Wildman–Crippen LogP) is 0.677. The molecule has 0 atom stereocenters. The number of carbonyl (C=O) groups is 1. The zero-order chi connectivity index (χ0) is 13.0. The first-order chi connectivity index (χ1) is 8.74. The topological polar surface area (TPSA) is 77.7 Å². The third-order valence-corrected chi connectivity index (χ3v) is 2.90. The molecule has 1 aromatic heterocycles. The van der Waals surface area contributed by atoms with Crippen LogP contribution in [0.4, 0.5) is 11.5 Å². The number of aromatic nitrogens is 1. The molecule has 0 bridgehead atoms. The molecular formula is C12H17N3O3. The van der Waals surface area contributed by atoms with Crippen molar-refractivity contribution < 1.29 is 14.3 Å². The number of rotatable bonds is 2. The van der Waals surface area contributed by atoms with Crippen LogP contribution >= 0.6 is 0 Å². The molecule has 2 heterocycles. The van der Waals surface area contributed by atoms with Crippen LogP contribution in [0, 0.1) is 0 Å². The molecule has 0 aromatic carbocycles. The van der Waals surface area contributed by atoms with Gasteiger partial charge in [0.2, 0.25) is 0 Å². The number of ether oxygens (including phenoxy) is 2.